The van der Waals surface area contributed by atoms with E-state index >= 15 is 0 Å². The van der Waals surface area contributed by atoms with Gasteiger partial charge < -0.3 is 9.80 Å². The van der Waals surface area contributed by atoms with Crippen molar-refractivity contribution in [2.75, 3.05) is 9.80 Å². The molecule has 0 bridgehead atoms. The summed E-state index contributed by atoms with van der Waals surface area (Å²) in [6, 6.07) is 89.8. The fourth-order valence-electron chi connectivity index (χ4n) is 11.2. The van der Waals surface area contributed by atoms with Crippen LogP contribution in [0.4, 0.5) is 34.1 Å². The monoisotopic (exact) mass is 854 g/mol. The van der Waals surface area contributed by atoms with E-state index in [2.05, 4.69) is 266 Å². The van der Waals surface area contributed by atoms with E-state index in [1.807, 2.05) is 0 Å². The molecule has 12 aromatic rings. The number of benzene rings is 12. The Morgan fingerprint density at radius 2 is 0.881 bits per heavy atom. The number of hydrogen-bond acceptors (Lipinski definition) is 2. The zero-order valence-corrected chi connectivity index (χ0v) is 37.5. The Labute approximate surface area is 391 Å². The second-order valence-corrected chi connectivity index (χ2v) is 18.5. The summed E-state index contributed by atoms with van der Waals surface area (Å²) in [6.45, 7) is 4.81. The van der Waals surface area contributed by atoms with Crippen LogP contribution in [0.5, 0.6) is 0 Å². The third-order valence-corrected chi connectivity index (χ3v) is 14.3. The number of rotatable bonds is 6. The molecule has 1 heterocycles. The lowest BCUT2D eigenvalue weighted by atomic mass is 9.70. The summed E-state index contributed by atoms with van der Waals surface area (Å²) in [5.74, 6) is 0. The molecule has 0 radical (unpaired) electrons. The molecule has 13 rings (SSSR count). The van der Waals surface area contributed by atoms with Crippen LogP contribution >= 0.6 is 0 Å². The van der Waals surface area contributed by atoms with E-state index in [0.717, 1.165) is 22.7 Å². The molecule has 0 unspecified atom stereocenters. The van der Waals surface area contributed by atoms with Gasteiger partial charge in [-0.05, 0) is 130 Å². The number of fused-ring (bicyclic) bond motifs is 10. The van der Waals surface area contributed by atoms with Crippen molar-refractivity contribution in [2.24, 2.45) is 0 Å². The SMILES string of the molecule is CC1(C)c2ccccc2N(c2c(N(c3ccc(-c4ccccc4)cc3)c3ccc4c5ccccc5c5ccccc5c4c3)ccc3ccccc23)c2cccc(-c3ccc4ccccc4c3)c21. The third kappa shape index (κ3) is 6.18. The van der Waals surface area contributed by atoms with Crippen LogP contribution in [0.15, 0.2) is 243 Å². The maximum atomic E-state index is 2.58. The second kappa shape index (κ2) is 15.3. The number of hydrogen-bond donors (Lipinski definition) is 0. The fraction of sp³-hybridized carbons (Fsp3) is 0.0462. The summed E-state index contributed by atoms with van der Waals surface area (Å²) in [7, 11) is 0. The number of para-hydroxylation sites is 1. The standard InChI is InChI=1S/C65H46N2/c1-65(2)59-28-14-15-29-60(59)67(61-30-16-27-51(63(61)65)48-32-31-44-19-6-7-21-47(44)41-48)64-52-22-9-8-20-46(52)35-40-62(64)66(49-36-33-45(34-37-49)43-17-4-3-5-18-43)50-38-39-57-55-25-11-10-23-53(55)54-24-12-13-26-56(54)58(57)42-50/h3-42H,1-2H3. The van der Waals surface area contributed by atoms with Gasteiger partial charge in [-0.2, -0.15) is 0 Å². The minimum absolute atomic E-state index is 0.315. The Morgan fingerprint density at radius 3 is 1.63 bits per heavy atom. The largest absolute Gasteiger partial charge is 0.308 e. The molecule has 0 aliphatic carbocycles. The highest BCUT2D eigenvalue weighted by Crippen LogP contribution is 2.58. The molecule has 1 aliphatic rings. The molecule has 12 aromatic carbocycles. The zero-order valence-electron chi connectivity index (χ0n) is 37.5. The van der Waals surface area contributed by atoms with Crippen molar-refractivity contribution < 1.29 is 0 Å². The van der Waals surface area contributed by atoms with Gasteiger partial charge >= 0.3 is 0 Å². The molecular formula is C65H46N2. The highest BCUT2D eigenvalue weighted by atomic mass is 15.2. The minimum Gasteiger partial charge on any atom is -0.308 e. The molecule has 0 aromatic heterocycles. The van der Waals surface area contributed by atoms with Gasteiger partial charge in [0.15, 0.2) is 0 Å². The number of nitrogens with zero attached hydrogens (tertiary/aromatic N) is 2. The summed E-state index contributed by atoms with van der Waals surface area (Å²) in [5, 5.41) is 12.4. The van der Waals surface area contributed by atoms with Gasteiger partial charge in [0.05, 0.1) is 22.7 Å². The van der Waals surface area contributed by atoms with Gasteiger partial charge in [0.1, 0.15) is 0 Å². The van der Waals surface area contributed by atoms with Crippen molar-refractivity contribution in [1.29, 1.82) is 0 Å². The van der Waals surface area contributed by atoms with Gasteiger partial charge in [-0.25, -0.2) is 0 Å². The lowest BCUT2D eigenvalue weighted by molar-refractivity contribution is 0.634. The third-order valence-electron chi connectivity index (χ3n) is 14.3. The summed E-state index contributed by atoms with van der Waals surface area (Å²) < 4.78 is 0. The first-order valence-corrected chi connectivity index (χ1v) is 23.3. The maximum Gasteiger partial charge on any atom is 0.0781 e. The maximum absolute atomic E-state index is 2.58. The van der Waals surface area contributed by atoms with Gasteiger partial charge in [0.25, 0.3) is 0 Å². The highest BCUT2D eigenvalue weighted by Gasteiger charge is 2.40. The summed E-state index contributed by atoms with van der Waals surface area (Å²) in [6.07, 6.45) is 0. The normalized spacial score (nSPS) is 13.0. The van der Waals surface area contributed by atoms with Crippen LogP contribution in [-0.4, -0.2) is 0 Å². The summed E-state index contributed by atoms with van der Waals surface area (Å²) in [4.78, 5) is 5.07. The molecule has 0 atom stereocenters. The van der Waals surface area contributed by atoms with Crippen LogP contribution < -0.4 is 9.80 Å². The van der Waals surface area contributed by atoms with Crippen LogP contribution in [0.2, 0.25) is 0 Å². The summed E-state index contributed by atoms with van der Waals surface area (Å²) >= 11 is 0. The minimum atomic E-state index is -0.315. The molecule has 0 fully saturated rings. The molecule has 0 N–H and O–H groups in total. The van der Waals surface area contributed by atoms with E-state index in [4.69, 9.17) is 0 Å². The molecular weight excluding hydrogens is 809 g/mol. The smallest absolute Gasteiger partial charge is 0.0781 e. The van der Waals surface area contributed by atoms with Crippen LogP contribution in [0.3, 0.4) is 0 Å². The summed E-state index contributed by atoms with van der Waals surface area (Å²) in [5.41, 5.74) is 13.9. The van der Waals surface area contributed by atoms with Gasteiger partial charge in [-0.3, -0.25) is 0 Å². The predicted octanol–water partition coefficient (Wildman–Crippen LogP) is 18.4. The molecule has 2 nitrogen and oxygen atoms in total. The average Bonchev–Trinajstić information content (AvgIpc) is 3.39. The van der Waals surface area contributed by atoms with Crippen LogP contribution in [0, 0.1) is 0 Å². The van der Waals surface area contributed by atoms with Crippen LogP contribution in [-0.2, 0) is 5.41 Å². The molecule has 0 spiro atoms. The number of anilines is 6. The van der Waals surface area contributed by atoms with Crippen LogP contribution in [0.25, 0.3) is 76.1 Å². The first-order chi connectivity index (χ1) is 33.0. The van der Waals surface area contributed by atoms with E-state index in [-0.39, 0.29) is 5.41 Å². The average molecular weight is 855 g/mol. The lowest BCUT2D eigenvalue weighted by Gasteiger charge is -2.44. The van der Waals surface area contributed by atoms with E-state index in [9.17, 15) is 0 Å². The van der Waals surface area contributed by atoms with Crippen molar-refractivity contribution in [3.8, 4) is 22.3 Å². The highest BCUT2D eigenvalue weighted by molar-refractivity contribution is 6.26. The van der Waals surface area contributed by atoms with Crippen molar-refractivity contribution in [2.45, 2.75) is 19.3 Å². The molecule has 0 saturated heterocycles. The quantitative estimate of drug-likeness (QED) is 0.154. The van der Waals surface area contributed by atoms with Gasteiger partial charge in [0, 0.05) is 22.2 Å². The Hall–Kier alpha value is -8.46. The van der Waals surface area contributed by atoms with Gasteiger partial charge in [-0.15, -0.1) is 0 Å². The van der Waals surface area contributed by atoms with Gasteiger partial charge in [-0.1, -0.05) is 208 Å². The van der Waals surface area contributed by atoms with Crippen molar-refractivity contribution in [3.05, 3.63) is 254 Å². The van der Waals surface area contributed by atoms with E-state index in [0.29, 0.717) is 0 Å². The predicted molar refractivity (Wildman–Crippen MR) is 286 cm³/mol. The van der Waals surface area contributed by atoms with Crippen molar-refractivity contribution >= 4 is 88.0 Å². The molecule has 2 heteroatoms. The molecule has 0 amide bonds. The Balaban J connectivity index is 1.11. The lowest BCUT2D eigenvalue weighted by Crippen LogP contribution is -2.32. The van der Waals surface area contributed by atoms with E-state index in [1.165, 1.54) is 98.6 Å². The van der Waals surface area contributed by atoms with Crippen LogP contribution in [0.1, 0.15) is 25.0 Å². The van der Waals surface area contributed by atoms with E-state index in [1.54, 1.807) is 0 Å². The zero-order chi connectivity index (χ0) is 44.6. The Kier molecular flexibility index (Phi) is 8.91. The van der Waals surface area contributed by atoms with E-state index < -0.39 is 0 Å². The Morgan fingerprint density at radius 1 is 0.343 bits per heavy atom. The van der Waals surface area contributed by atoms with Crippen molar-refractivity contribution in [1.82, 2.24) is 0 Å². The topological polar surface area (TPSA) is 6.48 Å². The fourth-order valence-corrected chi connectivity index (χ4v) is 11.2. The first-order valence-electron chi connectivity index (χ1n) is 23.3. The molecule has 1 aliphatic heterocycles. The molecule has 67 heavy (non-hydrogen) atoms. The molecule has 316 valence electrons. The molecule has 0 saturated carbocycles. The second-order valence-electron chi connectivity index (χ2n) is 18.5. The van der Waals surface area contributed by atoms with Gasteiger partial charge in [0.2, 0.25) is 0 Å². The Bertz CT molecular complexity index is 3870. The van der Waals surface area contributed by atoms with Crippen molar-refractivity contribution in [3.63, 3.8) is 0 Å². The first kappa shape index (κ1) is 39.0.